The highest BCUT2D eigenvalue weighted by Gasteiger charge is 2.13. The van der Waals surface area contributed by atoms with Crippen molar-refractivity contribution in [3.8, 4) is 0 Å². The van der Waals surface area contributed by atoms with Crippen molar-refractivity contribution < 1.29 is 0 Å². The van der Waals surface area contributed by atoms with Crippen LogP contribution < -0.4 is 5.32 Å². The van der Waals surface area contributed by atoms with E-state index < -0.39 is 0 Å². The van der Waals surface area contributed by atoms with E-state index in [9.17, 15) is 0 Å². The molecule has 0 bridgehead atoms. The molecule has 2 heteroatoms. The third kappa shape index (κ3) is 4.68. The van der Waals surface area contributed by atoms with Gasteiger partial charge in [-0.25, -0.2) is 0 Å². The van der Waals surface area contributed by atoms with E-state index >= 15 is 0 Å². The van der Waals surface area contributed by atoms with Crippen LogP contribution in [-0.4, -0.2) is 11.5 Å². The molecule has 0 saturated heterocycles. The second-order valence-electron chi connectivity index (χ2n) is 5.76. The zero-order chi connectivity index (χ0) is 15.1. The molecular weight excluding hydrogens is 256 g/mol. The van der Waals surface area contributed by atoms with Crippen molar-refractivity contribution in [3.63, 3.8) is 0 Å². The third-order valence-electron chi connectivity index (χ3n) is 3.92. The van der Waals surface area contributed by atoms with Crippen molar-refractivity contribution in [3.05, 3.63) is 65.0 Å². The molecule has 1 aromatic carbocycles. The van der Waals surface area contributed by atoms with E-state index in [1.165, 1.54) is 22.3 Å². The first-order valence-corrected chi connectivity index (χ1v) is 7.90. The van der Waals surface area contributed by atoms with E-state index in [0.29, 0.717) is 6.04 Å². The van der Waals surface area contributed by atoms with Crippen LogP contribution in [0.5, 0.6) is 0 Å². The molecule has 2 rings (SSSR count). The van der Waals surface area contributed by atoms with Crippen molar-refractivity contribution in [1.29, 1.82) is 0 Å². The minimum Gasteiger partial charge on any atom is -0.310 e. The summed E-state index contributed by atoms with van der Waals surface area (Å²) < 4.78 is 0. The van der Waals surface area contributed by atoms with Crippen molar-refractivity contribution in [2.45, 2.75) is 46.1 Å². The monoisotopic (exact) mass is 282 g/mol. The van der Waals surface area contributed by atoms with E-state index in [0.717, 1.165) is 25.8 Å². The molecule has 0 radical (unpaired) electrons. The van der Waals surface area contributed by atoms with Crippen molar-refractivity contribution in [2.75, 3.05) is 6.54 Å². The van der Waals surface area contributed by atoms with Gasteiger partial charge >= 0.3 is 0 Å². The largest absolute Gasteiger partial charge is 0.310 e. The van der Waals surface area contributed by atoms with Gasteiger partial charge in [0.15, 0.2) is 0 Å². The zero-order valence-corrected chi connectivity index (χ0v) is 13.4. The normalized spacial score (nSPS) is 12.3. The van der Waals surface area contributed by atoms with Crippen LogP contribution in [0.2, 0.25) is 0 Å². The van der Waals surface area contributed by atoms with Crippen LogP contribution in [0.25, 0.3) is 0 Å². The maximum Gasteiger partial charge on any atom is 0.0326 e. The van der Waals surface area contributed by atoms with Crippen LogP contribution in [0.4, 0.5) is 0 Å². The number of aromatic nitrogens is 1. The minimum atomic E-state index is 0.429. The summed E-state index contributed by atoms with van der Waals surface area (Å²) in [6.07, 6.45) is 7.12. The number of hydrogen-bond acceptors (Lipinski definition) is 2. The molecule has 1 atom stereocenters. The zero-order valence-electron chi connectivity index (χ0n) is 13.4. The fourth-order valence-electron chi connectivity index (χ4n) is 2.68. The Labute approximate surface area is 128 Å². The van der Waals surface area contributed by atoms with Gasteiger partial charge in [0.2, 0.25) is 0 Å². The van der Waals surface area contributed by atoms with Crippen LogP contribution in [0.1, 0.15) is 48.1 Å². The number of pyridine rings is 1. The molecule has 1 unspecified atom stereocenters. The molecule has 0 aliphatic heterocycles. The number of benzene rings is 1. The third-order valence-corrected chi connectivity index (χ3v) is 3.92. The topological polar surface area (TPSA) is 24.9 Å². The highest BCUT2D eigenvalue weighted by atomic mass is 14.9. The van der Waals surface area contributed by atoms with Crippen LogP contribution in [-0.2, 0) is 6.42 Å². The van der Waals surface area contributed by atoms with Crippen LogP contribution in [0.15, 0.2) is 42.7 Å². The lowest BCUT2D eigenvalue weighted by atomic mass is 9.94. The van der Waals surface area contributed by atoms with Crippen molar-refractivity contribution in [2.24, 2.45) is 0 Å². The van der Waals surface area contributed by atoms with Gasteiger partial charge in [0.1, 0.15) is 0 Å². The summed E-state index contributed by atoms with van der Waals surface area (Å²) in [5.74, 6) is 0. The van der Waals surface area contributed by atoms with Gasteiger partial charge in [-0.05, 0) is 68.5 Å². The Hall–Kier alpha value is -1.67. The Morgan fingerprint density at radius 3 is 2.57 bits per heavy atom. The number of nitrogens with one attached hydrogen (secondary N) is 1. The van der Waals surface area contributed by atoms with Gasteiger partial charge in [0.25, 0.3) is 0 Å². The van der Waals surface area contributed by atoms with Gasteiger partial charge in [-0.3, -0.25) is 4.98 Å². The molecular formula is C19H26N2. The Balaban J connectivity index is 2.12. The van der Waals surface area contributed by atoms with Crippen molar-refractivity contribution in [1.82, 2.24) is 10.3 Å². The van der Waals surface area contributed by atoms with E-state index in [4.69, 9.17) is 0 Å². The lowest BCUT2D eigenvalue weighted by Gasteiger charge is -2.21. The predicted octanol–water partition coefficient (Wildman–Crippen LogP) is 4.37. The van der Waals surface area contributed by atoms with Crippen LogP contribution in [0, 0.1) is 13.8 Å². The summed E-state index contributed by atoms with van der Waals surface area (Å²) in [6, 6.07) is 11.4. The highest BCUT2D eigenvalue weighted by molar-refractivity contribution is 5.33. The lowest BCUT2D eigenvalue weighted by molar-refractivity contribution is 0.497. The number of rotatable bonds is 7. The molecule has 21 heavy (non-hydrogen) atoms. The fraction of sp³-hybridized carbons (Fsp3) is 0.421. The molecule has 112 valence electrons. The van der Waals surface area contributed by atoms with E-state index in [1.54, 1.807) is 0 Å². The Morgan fingerprint density at radius 2 is 1.86 bits per heavy atom. The molecule has 1 N–H and O–H groups in total. The van der Waals surface area contributed by atoms with Gasteiger partial charge in [-0.1, -0.05) is 30.7 Å². The quantitative estimate of drug-likeness (QED) is 0.815. The van der Waals surface area contributed by atoms with Gasteiger partial charge in [-0.15, -0.1) is 0 Å². The van der Waals surface area contributed by atoms with Gasteiger partial charge in [0.05, 0.1) is 0 Å². The molecule has 1 heterocycles. The molecule has 2 aromatic rings. The molecule has 0 aliphatic rings. The molecule has 1 aromatic heterocycles. The number of aryl methyl sites for hydroxylation is 3. The van der Waals surface area contributed by atoms with Crippen LogP contribution >= 0.6 is 0 Å². The highest BCUT2D eigenvalue weighted by Crippen LogP contribution is 2.23. The molecule has 0 aliphatic carbocycles. The molecule has 0 fully saturated rings. The van der Waals surface area contributed by atoms with Gasteiger partial charge in [0, 0.05) is 18.4 Å². The minimum absolute atomic E-state index is 0.429. The summed E-state index contributed by atoms with van der Waals surface area (Å²) in [7, 11) is 0. The fourth-order valence-corrected chi connectivity index (χ4v) is 2.68. The molecule has 0 saturated carbocycles. The van der Waals surface area contributed by atoms with Gasteiger partial charge in [-0.2, -0.15) is 0 Å². The Kier molecular flexibility index (Phi) is 5.94. The average molecular weight is 282 g/mol. The first kappa shape index (κ1) is 15.7. The first-order valence-electron chi connectivity index (χ1n) is 7.90. The second kappa shape index (κ2) is 7.94. The summed E-state index contributed by atoms with van der Waals surface area (Å²) in [6.45, 7) is 7.66. The summed E-state index contributed by atoms with van der Waals surface area (Å²) in [5.41, 5.74) is 5.52. The SMILES string of the molecule is CCCNC(CCc1ccncc1)c1cc(C)ccc1C. The first-order chi connectivity index (χ1) is 10.2. The van der Waals surface area contributed by atoms with Crippen molar-refractivity contribution >= 4 is 0 Å². The standard InChI is InChI=1S/C19H26N2/c1-4-11-21-19(8-7-17-9-12-20-13-10-17)18-14-15(2)5-6-16(18)3/h5-6,9-10,12-14,19,21H,4,7-8,11H2,1-3H3. The second-order valence-corrected chi connectivity index (χ2v) is 5.76. The molecule has 0 amide bonds. The average Bonchev–Trinajstić information content (AvgIpc) is 2.51. The molecule has 2 nitrogen and oxygen atoms in total. The number of hydrogen-bond donors (Lipinski definition) is 1. The predicted molar refractivity (Wildman–Crippen MR) is 89.5 cm³/mol. The Morgan fingerprint density at radius 1 is 1.10 bits per heavy atom. The van der Waals surface area contributed by atoms with Gasteiger partial charge < -0.3 is 5.32 Å². The maximum absolute atomic E-state index is 4.09. The number of nitrogens with zero attached hydrogens (tertiary/aromatic N) is 1. The van der Waals surface area contributed by atoms with Crippen LogP contribution in [0.3, 0.4) is 0 Å². The summed E-state index contributed by atoms with van der Waals surface area (Å²) in [5, 5.41) is 3.71. The smallest absolute Gasteiger partial charge is 0.0326 e. The van der Waals surface area contributed by atoms with E-state index in [1.807, 2.05) is 12.4 Å². The Bertz CT molecular complexity index is 549. The lowest BCUT2D eigenvalue weighted by Crippen LogP contribution is -2.23. The summed E-state index contributed by atoms with van der Waals surface area (Å²) in [4.78, 5) is 4.09. The van der Waals surface area contributed by atoms with E-state index in [-0.39, 0.29) is 0 Å². The molecule has 0 spiro atoms. The maximum atomic E-state index is 4.09. The summed E-state index contributed by atoms with van der Waals surface area (Å²) >= 11 is 0. The van der Waals surface area contributed by atoms with E-state index in [2.05, 4.69) is 61.4 Å².